The third-order valence-corrected chi connectivity index (χ3v) is 5.00. The number of hydrogen-bond donors (Lipinski definition) is 0. The van der Waals surface area contributed by atoms with Crippen molar-refractivity contribution in [2.45, 2.75) is 59.3 Å². The maximum atomic E-state index is 4.38. The van der Waals surface area contributed by atoms with Crippen LogP contribution in [0.25, 0.3) is 0 Å². The van der Waals surface area contributed by atoms with E-state index in [0.717, 1.165) is 0 Å². The lowest BCUT2D eigenvalue weighted by Crippen LogP contribution is -2.43. The van der Waals surface area contributed by atoms with E-state index in [1.165, 1.54) is 44.1 Å². The molecule has 1 atom stereocenters. The molecule has 0 heteroatoms. The van der Waals surface area contributed by atoms with Gasteiger partial charge in [0.1, 0.15) is 0 Å². The van der Waals surface area contributed by atoms with Crippen molar-refractivity contribution in [1.82, 2.24) is 0 Å². The maximum absolute atomic E-state index is 4.38. The summed E-state index contributed by atoms with van der Waals surface area (Å²) >= 11 is 0. The van der Waals surface area contributed by atoms with Crippen molar-refractivity contribution >= 4 is 0 Å². The van der Waals surface area contributed by atoms with Crippen molar-refractivity contribution in [3.63, 3.8) is 0 Å². The zero-order valence-corrected chi connectivity index (χ0v) is 10.5. The average Bonchev–Trinajstić information content (AvgIpc) is 2.16. The highest BCUT2D eigenvalue weighted by Crippen LogP contribution is 2.59. The quantitative estimate of drug-likeness (QED) is 0.494. The minimum absolute atomic E-state index is 0.421. The van der Waals surface area contributed by atoms with E-state index in [1.807, 2.05) is 0 Å². The van der Waals surface area contributed by atoms with Gasteiger partial charge >= 0.3 is 0 Å². The Bertz CT molecular complexity index is 306. The van der Waals surface area contributed by atoms with Crippen LogP contribution in [0.4, 0.5) is 0 Å². The van der Waals surface area contributed by atoms with Gasteiger partial charge < -0.3 is 0 Å². The fraction of sp³-hybridized carbons (Fsp3) is 0.733. The average molecular weight is 204 g/mol. The van der Waals surface area contributed by atoms with Crippen LogP contribution in [0.3, 0.4) is 0 Å². The van der Waals surface area contributed by atoms with Gasteiger partial charge in [-0.2, -0.15) is 0 Å². The van der Waals surface area contributed by atoms with Crippen molar-refractivity contribution in [1.29, 1.82) is 0 Å². The third kappa shape index (κ3) is 1.58. The molecule has 0 radical (unpaired) electrons. The molecule has 1 spiro atoms. The predicted molar refractivity (Wildman–Crippen MR) is 66.8 cm³/mol. The first kappa shape index (κ1) is 11.0. The van der Waals surface area contributed by atoms with Crippen LogP contribution in [0.15, 0.2) is 23.8 Å². The lowest BCUT2D eigenvalue weighted by Gasteiger charge is -2.53. The molecule has 15 heavy (non-hydrogen) atoms. The van der Waals surface area contributed by atoms with E-state index in [4.69, 9.17) is 0 Å². The number of allylic oxidation sites excluding steroid dienone is 3. The highest BCUT2D eigenvalue weighted by molar-refractivity contribution is 5.24. The van der Waals surface area contributed by atoms with E-state index in [-0.39, 0.29) is 0 Å². The summed E-state index contributed by atoms with van der Waals surface area (Å²) in [6, 6.07) is 0. The summed E-state index contributed by atoms with van der Waals surface area (Å²) < 4.78 is 0. The van der Waals surface area contributed by atoms with Gasteiger partial charge in [0.05, 0.1) is 0 Å². The molecule has 0 aromatic rings. The van der Waals surface area contributed by atoms with Crippen molar-refractivity contribution in [3.05, 3.63) is 23.8 Å². The van der Waals surface area contributed by atoms with Gasteiger partial charge in [0.15, 0.2) is 0 Å². The first-order valence-electron chi connectivity index (χ1n) is 6.32. The second kappa shape index (κ2) is 3.50. The Morgan fingerprint density at radius 1 is 1.20 bits per heavy atom. The standard InChI is InChI=1S/C15H24/c1-12-7-10-15(11-8-12)13(2)6-5-9-14(15,3)4/h7H,2,5-6,8-11H2,1,3-4H3/t15-/m1/s1. The molecule has 0 aromatic heterocycles. The van der Waals surface area contributed by atoms with Gasteiger partial charge in [0, 0.05) is 0 Å². The summed E-state index contributed by atoms with van der Waals surface area (Å²) in [5, 5.41) is 0. The van der Waals surface area contributed by atoms with Crippen LogP contribution >= 0.6 is 0 Å². The molecule has 2 rings (SSSR count). The highest BCUT2D eigenvalue weighted by Gasteiger charge is 2.48. The largest absolute Gasteiger partial charge is 0.0993 e. The second-order valence-corrected chi connectivity index (χ2v) is 6.18. The lowest BCUT2D eigenvalue weighted by atomic mass is 9.51. The molecule has 2 aliphatic carbocycles. The molecule has 2 aliphatic rings. The topological polar surface area (TPSA) is 0 Å². The van der Waals surface area contributed by atoms with Crippen LogP contribution in [-0.2, 0) is 0 Å². The Labute approximate surface area is 94.5 Å². The highest BCUT2D eigenvalue weighted by atomic mass is 14.5. The van der Waals surface area contributed by atoms with Crippen LogP contribution < -0.4 is 0 Å². The van der Waals surface area contributed by atoms with Gasteiger partial charge in [-0.25, -0.2) is 0 Å². The van der Waals surface area contributed by atoms with Crippen LogP contribution in [0.2, 0.25) is 0 Å². The zero-order valence-electron chi connectivity index (χ0n) is 10.5. The Hall–Kier alpha value is -0.520. The molecular formula is C15H24. The van der Waals surface area contributed by atoms with Crippen LogP contribution in [-0.4, -0.2) is 0 Å². The van der Waals surface area contributed by atoms with Crippen LogP contribution in [0, 0.1) is 10.8 Å². The molecule has 0 unspecified atom stereocenters. The smallest absolute Gasteiger partial charge is 0.000212 e. The van der Waals surface area contributed by atoms with Crippen LogP contribution in [0.5, 0.6) is 0 Å². The van der Waals surface area contributed by atoms with Crippen molar-refractivity contribution in [3.8, 4) is 0 Å². The minimum Gasteiger partial charge on any atom is -0.0993 e. The van der Waals surface area contributed by atoms with Gasteiger partial charge in [-0.1, -0.05) is 37.6 Å². The summed E-state index contributed by atoms with van der Waals surface area (Å²) in [6.45, 7) is 11.6. The SMILES string of the molecule is C=C1CCCC(C)(C)[C@@]12CC=C(C)CC2. The van der Waals surface area contributed by atoms with Gasteiger partial charge in [-0.3, -0.25) is 0 Å². The van der Waals surface area contributed by atoms with Gasteiger partial charge in [0.2, 0.25) is 0 Å². The second-order valence-electron chi connectivity index (χ2n) is 6.18. The van der Waals surface area contributed by atoms with Crippen LogP contribution in [0.1, 0.15) is 59.3 Å². The third-order valence-electron chi connectivity index (χ3n) is 5.00. The number of hydrogen-bond acceptors (Lipinski definition) is 0. The fourth-order valence-electron chi connectivity index (χ4n) is 3.60. The van der Waals surface area contributed by atoms with Gasteiger partial charge in [-0.05, 0) is 56.3 Å². The van der Waals surface area contributed by atoms with E-state index in [9.17, 15) is 0 Å². The summed E-state index contributed by atoms with van der Waals surface area (Å²) in [5.41, 5.74) is 3.99. The normalized spacial score (nSPS) is 35.4. The van der Waals surface area contributed by atoms with E-state index in [1.54, 1.807) is 5.57 Å². The monoisotopic (exact) mass is 204 g/mol. The van der Waals surface area contributed by atoms with E-state index in [2.05, 4.69) is 33.4 Å². The van der Waals surface area contributed by atoms with Crippen molar-refractivity contribution in [2.24, 2.45) is 10.8 Å². The van der Waals surface area contributed by atoms with E-state index < -0.39 is 0 Å². The Balaban J connectivity index is 2.34. The Kier molecular flexibility index (Phi) is 2.56. The molecule has 0 aliphatic heterocycles. The summed E-state index contributed by atoms with van der Waals surface area (Å²) in [5.74, 6) is 0. The van der Waals surface area contributed by atoms with E-state index in [0.29, 0.717) is 10.8 Å². The molecule has 0 saturated heterocycles. The molecule has 1 saturated carbocycles. The zero-order chi connectivity index (χ0) is 11.1. The van der Waals surface area contributed by atoms with Crippen molar-refractivity contribution in [2.75, 3.05) is 0 Å². The Morgan fingerprint density at radius 3 is 2.47 bits per heavy atom. The summed E-state index contributed by atoms with van der Waals surface area (Å²) in [7, 11) is 0. The molecule has 84 valence electrons. The Morgan fingerprint density at radius 2 is 1.93 bits per heavy atom. The summed E-state index contributed by atoms with van der Waals surface area (Å²) in [4.78, 5) is 0. The first-order chi connectivity index (χ1) is 6.98. The molecule has 1 fully saturated rings. The van der Waals surface area contributed by atoms with Gasteiger partial charge in [0.25, 0.3) is 0 Å². The fourth-order valence-corrected chi connectivity index (χ4v) is 3.60. The molecular weight excluding hydrogens is 180 g/mol. The first-order valence-corrected chi connectivity index (χ1v) is 6.32. The van der Waals surface area contributed by atoms with Crippen molar-refractivity contribution < 1.29 is 0 Å². The predicted octanol–water partition coefficient (Wildman–Crippen LogP) is 4.87. The molecule has 0 amide bonds. The van der Waals surface area contributed by atoms with E-state index >= 15 is 0 Å². The number of rotatable bonds is 0. The molecule has 0 aromatic carbocycles. The molecule has 0 N–H and O–H groups in total. The van der Waals surface area contributed by atoms with Gasteiger partial charge in [-0.15, -0.1) is 0 Å². The molecule has 0 bridgehead atoms. The molecule has 0 heterocycles. The summed E-state index contributed by atoms with van der Waals surface area (Å²) in [6.07, 6.45) is 10.3. The minimum atomic E-state index is 0.421. The maximum Gasteiger partial charge on any atom is -0.000212 e. The lowest BCUT2D eigenvalue weighted by molar-refractivity contribution is 0.0578. The molecule has 0 nitrogen and oxygen atoms in total.